The molecule has 1 heterocycles. The van der Waals surface area contributed by atoms with Gasteiger partial charge in [0, 0.05) is 32.2 Å². The molecule has 1 aliphatic rings. The van der Waals surface area contributed by atoms with Crippen LogP contribution in [0.1, 0.15) is 33.6 Å². The predicted octanol–water partition coefficient (Wildman–Crippen LogP) is 2.03. The highest BCUT2D eigenvalue weighted by Gasteiger charge is 2.16. The van der Waals surface area contributed by atoms with E-state index in [4.69, 9.17) is 0 Å². The second-order valence-electron chi connectivity index (χ2n) is 4.48. The first-order valence-corrected chi connectivity index (χ1v) is 5.81. The molecule has 2 heteroatoms. The van der Waals surface area contributed by atoms with Gasteiger partial charge in [-0.2, -0.15) is 0 Å². The highest BCUT2D eigenvalue weighted by molar-refractivity contribution is 4.96. The molecule has 1 saturated heterocycles. The maximum atomic E-state index is 3.58. The van der Waals surface area contributed by atoms with Crippen molar-refractivity contribution in [1.29, 1.82) is 0 Å². The number of allylic oxidation sites excluding steroid dienone is 1. The van der Waals surface area contributed by atoms with Gasteiger partial charge in [-0.25, -0.2) is 0 Å². The molecule has 1 N–H and O–H groups in total. The summed E-state index contributed by atoms with van der Waals surface area (Å²) in [7, 11) is 0. The van der Waals surface area contributed by atoms with Crippen LogP contribution in [-0.4, -0.2) is 37.1 Å². The number of nitrogens with one attached hydrogen (secondary N) is 1. The fourth-order valence-corrected chi connectivity index (χ4v) is 1.91. The number of hydrogen-bond donors (Lipinski definition) is 1. The van der Waals surface area contributed by atoms with E-state index >= 15 is 0 Å². The van der Waals surface area contributed by atoms with Crippen LogP contribution in [0.25, 0.3) is 0 Å². The minimum absolute atomic E-state index is 0.722. The van der Waals surface area contributed by atoms with Gasteiger partial charge in [0.25, 0.3) is 0 Å². The van der Waals surface area contributed by atoms with E-state index in [1.165, 1.54) is 31.5 Å². The summed E-state index contributed by atoms with van der Waals surface area (Å²) in [5.74, 6) is 0. The quantitative estimate of drug-likeness (QED) is 0.692. The molecule has 0 saturated carbocycles. The maximum Gasteiger partial charge on any atom is 0.0195 e. The number of rotatable bonds is 4. The zero-order valence-corrected chi connectivity index (χ0v) is 9.84. The van der Waals surface area contributed by atoms with Gasteiger partial charge >= 0.3 is 0 Å². The Labute approximate surface area is 88.4 Å². The van der Waals surface area contributed by atoms with Crippen molar-refractivity contribution in [2.24, 2.45) is 0 Å². The molecule has 0 amide bonds. The Bertz CT molecular complexity index is 181. The van der Waals surface area contributed by atoms with Gasteiger partial charge in [-0.05, 0) is 20.3 Å². The van der Waals surface area contributed by atoms with Crippen LogP contribution in [-0.2, 0) is 0 Å². The topological polar surface area (TPSA) is 15.3 Å². The fraction of sp³-hybridized carbons (Fsp3) is 0.833. The SMILES string of the molecule is CCCC1CN(CC=C(C)C)CCN1. The third kappa shape index (κ3) is 4.25. The van der Waals surface area contributed by atoms with Crippen molar-refractivity contribution in [3.05, 3.63) is 11.6 Å². The van der Waals surface area contributed by atoms with Crippen LogP contribution in [0.3, 0.4) is 0 Å². The molecule has 1 rings (SSSR count). The molecule has 0 aromatic rings. The molecule has 14 heavy (non-hydrogen) atoms. The standard InChI is InChI=1S/C12H24N2/c1-4-5-12-10-14(9-7-13-12)8-6-11(2)3/h6,12-13H,4-5,7-10H2,1-3H3. The summed E-state index contributed by atoms with van der Waals surface area (Å²) in [4.78, 5) is 2.55. The monoisotopic (exact) mass is 196 g/mol. The smallest absolute Gasteiger partial charge is 0.0195 e. The Balaban J connectivity index is 2.29. The highest BCUT2D eigenvalue weighted by atomic mass is 15.2. The van der Waals surface area contributed by atoms with Crippen LogP contribution < -0.4 is 5.32 Å². The van der Waals surface area contributed by atoms with Gasteiger partial charge < -0.3 is 5.32 Å². The number of hydrogen-bond acceptors (Lipinski definition) is 2. The molecule has 0 bridgehead atoms. The van der Waals surface area contributed by atoms with Gasteiger partial charge in [0.1, 0.15) is 0 Å². The molecule has 82 valence electrons. The molecule has 1 unspecified atom stereocenters. The van der Waals surface area contributed by atoms with Gasteiger partial charge in [-0.1, -0.05) is 25.0 Å². The van der Waals surface area contributed by atoms with Gasteiger partial charge in [0.05, 0.1) is 0 Å². The van der Waals surface area contributed by atoms with Crippen molar-refractivity contribution >= 4 is 0 Å². The van der Waals surface area contributed by atoms with E-state index in [1.54, 1.807) is 0 Å². The molecule has 0 spiro atoms. The lowest BCUT2D eigenvalue weighted by atomic mass is 10.1. The van der Waals surface area contributed by atoms with E-state index in [0.29, 0.717) is 0 Å². The van der Waals surface area contributed by atoms with E-state index in [1.807, 2.05) is 0 Å². The Hall–Kier alpha value is -0.340. The summed E-state index contributed by atoms with van der Waals surface area (Å²) in [6, 6.07) is 0.722. The van der Waals surface area contributed by atoms with Gasteiger partial charge in [0.2, 0.25) is 0 Å². The molecule has 0 aromatic heterocycles. The predicted molar refractivity (Wildman–Crippen MR) is 62.6 cm³/mol. The van der Waals surface area contributed by atoms with Gasteiger partial charge in [-0.3, -0.25) is 4.90 Å². The van der Waals surface area contributed by atoms with Crippen molar-refractivity contribution < 1.29 is 0 Å². The lowest BCUT2D eigenvalue weighted by molar-refractivity contribution is 0.211. The normalized spacial score (nSPS) is 23.5. The van der Waals surface area contributed by atoms with Crippen molar-refractivity contribution in [3.8, 4) is 0 Å². The summed E-state index contributed by atoms with van der Waals surface area (Å²) in [5.41, 5.74) is 1.43. The molecule has 0 aromatic carbocycles. The van der Waals surface area contributed by atoms with E-state index in [2.05, 4.69) is 37.1 Å². The van der Waals surface area contributed by atoms with Crippen molar-refractivity contribution in [2.45, 2.75) is 39.7 Å². The van der Waals surface area contributed by atoms with Crippen molar-refractivity contribution in [3.63, 3.8) is 0 Å². The molecule has 2 nitrogen and oxygen atoms in total. The van der Waals surface area contributed by atoms with E-state index in [0.717, 1.165) is 19.1 Å². The third-order valence-corrected chi connectivity index (χ3v) is 2.73. The minimum atomic E-state index is 0.722. The molecule has 0 aliphatic carbocycles. The van der Waals surface area contributed by atoms with Crippen molar-refractivity contribution in [1.82, 2.24) is 10.2 Å². The van der Waals surface area contributed by atoms with Gasteiger partial charge in [0.15, 0.2) is 0 Å². The summed E-state index contributed by atoms with van der Waals surface area (Å²) in [6.07, 6.45) is 4.92. The fourth-order valence-electron chi connectivity index (χ4n) is 1.91. The summed E-state index contributed by atoms with van der Waals surface area (Å²) in [5, 5.41) is 3.58. The van der Waals surface area contributed by atoms with E-state index < -0.39 is 0 Å². The average molecular weight is 196 g/mol. The highest BCUT2D eigenvalue weighted by Crippen LogP contribution is 2.05. The van der Waals surface area contributed by atoms with Crippen LogP contribution in [0.4, 0.5) is 0 Å². The summed E-state index contributed by atoms with van der Waals surface area (Å²) < 4.78 is 0. The average Bonchev–Trinajstić information content (AvgIpc) is 2.16. The van der Waals surface area contributed by atoms with Crippen LogP contribution in [0.15, 0.2) is 11.6 Å². The second kappa shape index (κ2) is 6.20. The maximum absolute atomic E-state index is 3.58. The molecular formula is C12H24N2. The summed E-state index contributed by atoms with van der Waals surface area (Å²) >= 11 is 0. The van der Waals surface area contributed by atoms with Crippen molar-refractivity contribution in [2.75, 3.05) is 26.2 Å². The minimum Gasteiger partial charge on any atom is -0.311 e. The zero-order valence-electron chi connectivity index (χ0n) is 9.84. The Morgan fingerprint density at radius 3 is 2.93 bits per heavy atom. The van der Waals surface area contributed by atoms with Crippen LogP contribution >= 0.6 is 0 Å². The molecular weight excluding hydrogens is 172 g/mol. The summed E-state index contributed by atoms with van der Waals surface area (Å²) in [6.45, 7) is 11.3. The lowest BCUT2D eigenvalue weighted by Crippen LogP contribution is -2.50. The van der Waals surface area contributed by atoms with E-state index in [9.17, 15) is 0 Å². The molecule has 1 atom stereocenters. The lowest BCUT2D eigenvalue weighted by Gasteiger charge is -2.33. The first kappa shape index (κ1) is 11.7. The van der Waals surface area contributed by atoms with Crippen LogP contribution in [0, 0.1) is 0 Å². The Morgan fingerprint density at radius 1 is 1.50 bits per heavy atom. The number of nitrogens with zero attached hydrogens (tertiary/aromatic N) is 1. The number of piperazine rings is 1. The van der Waals surface area contributed by atoms with Crippen LogP contribution in [0.5, 0.6) is 0 Å². The van der Waals surface area contributed by atoms with Crippen LogP contribution in [0.2, 0.25) is 0 Å². The Morgan fingerprint density at radius 2 is 2.29 bits per heavy atom. The zero-order chi connectivity index (χ0) is 10.4. The molecule has 1 aliphatic heterocycles. The molecule has 1 fully saturated rings. The largest absolute Gasteiger partial charge is 0.311 e. The first-order valence-electron chi connectivity index (χ1n) is 5.81. The van der Waals surface area contributed by atoms with Gasteiger partial charge in [-0.15, -0.1) is 0 Å². The third-order valence-electron chi connectivity index (χ3n) is 2.73. The first-order chi connectivity index (χ1) is 6.72. The molecule has 0 radical (unpaired) electrons. The second-order valence-corrected chi connectivity index (χ2v) is 4.48. The Kier molecular flexibility index (Phi) is 5.20. The van der Waals surface area contributed by atoms with E-state index in [-0.39, 0.29) is 0 Å².